The van der Waals surface area contributed by atoms with Crippen LogP contribution in [0.25, 0.3) is 0 Å². The van der Waals surface area contributed by atoms with Crippen molar-refractivity contribution >= 4 is 11.9 Å². The lowest BCUT2D eigenvalue weighted by molar-refractivity contribution is -0.322. The van der Waals surface area contributed by atoms with Crippen molar-refractivity contribution in [3.8, 4) is 0 Å². The number of carbonyl (C=O) groups excluding carboxylic acids is 2. The SMILES string of the molecule is O=C(/C=C/C(=O)OC(F)(F)C(F)C(F)(F)F)OC(F)(F)C(F)C(F)(F)F. The van der Waals surface area contributed by atoms with Gasteiger partial charge >= 0.3 is 36.5 Å². The molecule has 0 aromatic heterocycles. The summed E-state index contributed by atoms with van der Waals surface area (Å²) in [6, 6.07) is 0. The molecule has 0 radical (unpaired) electrons. The number of carbonyl (C=O) groups is 2. The van der Waals surface area contributed by atoms with Gasteiger partial charge in [0.15, 0.2) is 0 Å². The molecule has 0 N–H and O–H groups in total. The highest BCUT2D eigenvalue weighted by Crippen LogP contribution is 2.36. The van der Waals surface area contributed by atoms with Gasteiger partial charge in [-0.15, -0.1) is 0 Å². The normalized spacial score (nSPS) is 16.3. The van der Waals surface area contributed by atoms with Crippen LogP contribution in [0.2, 0.25) is 0 Å². The molecule has 0 spiro atoms. The van der Waals surface area contributed by atoms with Gasteiger partial charge in [-0.2, -0.15) is 43.9 Å². The molecule has 152 valence electrons. The Balaban J connectivity index is 4.92. The maximum Gasteiger partial charge on any atom is 0.441 e. The van der Waals surface area contributed by atoms with Crippen molar-refractivity contribution in [2.45, 2.75) is 36.9 Å². The molecule has 0 fully saturated rings. The zero-order valence-electron chi connectivity index (χ0n) is 11.5. The first-order chi connectivity index (χ1) is 11.3. The molecule has 0 bridgehead atoms. The number of rotatable bonds is 6. The average Bonchev–Trinajstić information content (AvgIpc) is 2.40. The van der Waals surface area contributed by atoms with Crippen LogP contribution in [0.4, 0.5) is 52.7 Å². The third-order valence-corrected chi connectivity index (χ3v) is 1.99. The first-order valence-corrected chi connectivity index (χ1v) is 5.62. The summed E-state index contributed by atoms with van der Waals surface area (Å²) < 4.78 is 151. The highest BCUT2D eigenvalue weighted by molar-refractivity contribution is 5.91. The molecule has 26 heavy (non-hydrogen) atoms. The van der Waals surface area contributed by atoms with Crippen molar-refractivity contribution in [2.75, 3.05) is 0 Å². The van der Waals surface area contributed by atoms with Gasteiger partial charge < -0.3 is 9.47 Å². The molecular weight excluding hydrogens is 412 g/mol. The van der Waals surface area contributed by atoms with E-state index in [1.165, 1.54) is 0 Å². The van der Waals surface area contributed by atoms with E-state index in [1.807, 2.05) is 0 Å². The molecule has 2 atom stereocenters. The smallest absolute Gasteiger partial charge is 0.395 e. The Hall–Kier alpha value is -2.16. The fourth-order valence-corrected chi connectivity index (χ4v) is 0.957. The number of ether oxygens (including phenoxy) is 2. The van der Waals surface area contributed by atoms with Gasteiger partial charge in [0.25, 0.3) is 12.3 Å². The van der Waals surface area contributed by atoms with Gasteiger partial charge in [0.1, 0.15) is 0 Å². The van der Waals surface area contributed by atoms with E-state index < -0.39 is 61.0 Å². The lowest BCUT2D eigenvalue weighted by Crippen LogP contribution is -2.45. The van der Waals surface area contributed by atoms with Crippen LogP contribution in [0, 0.1) is 0 Å². The molecule has 16 heteroatoms. The summed E-state index contributed by atoms with van der Waals surface area (Å²) >= 11 is 0. The maximum atomic E-state index is 12.6. The van der Waals surface area contributed by atoms with Gasteiger partial charge in [0.05, 0.1) is 0 Å². The number of halogens is 12. The predicted octanol–water partition coefficient (Wildman–Crippen LogP) is 3.62. The van der Waals surface area contributed by atoms with Crippen molar-refractivity contribution in [3.63, 3.8) is 0 Å². The summed E-state index contributed by atoms with van der Waals surface area (Å²) in [5, 5.41) is 0. The molecule has 0 rings (SSSR count). The molecule has 0 aliphatic heterocycles. The molecule has 2 unspecified atom stereocenters. The van der Waals surface area contributed by atoms with E-state index in [-0.39, 0.29) is 0 Å². The van der Waals surface area contributed by atoms with Crippen LogP contribution >= 0.6 is 0 Å². The minimum absolute atomic E-state index is 0.601. The maximum absolute atomic E-state index is 12.6. The third-order valence-electron chi connectivity index (χ3n) is 1.99. The topological polar surface area (TPSA) is 52.6 Å². The van der Waals surface area contributed by atoms with Gasteiger partial charge in [0, 0.05) is 12.2 Å². The van der Waals surface area contributed by atoms with Crippen LogP contribution in [0.15, 0.2) is 12.2 Å². The highest BCUT2D eigenvalue weighted by Gasteiger charge is 2.61. The first-order valence-electron chi connectivity index (χ1n) is 5.62. The second-order valence-corrected chi connectivity index (χ2v) is 4.11. The zero-order valence-corrected chi connectivity index (χ0v) is 11.5. The van der Waals surface area contributed by atoms with E-state index in [9.17, 15) is 62.3 Å². The molecule has 0 saturated carbocycles. The fourth-order valence-electron chi connectivity index (χ4n) is 0.957. The van der Waals surface area contributed by atoms with Gasteiger partial charge in [-0.1, -0.05) is 0 Å². The van der Waals surface area contributed by atoms with E-state index in [0.29, 0.717) is 0 Å². The molecule has 4 nitrogen and oxygen atoms in total. The standard InChI is InChI=1S/C10H4F12O4/c11-5(7(13,14)15)9(19,20)25-3(23)1-2-4(24)26-10(21,22)6(12)8(16,17)18/h1-2,5-6H/b2-1+. The van der Waals surface area contributed by atoms with Crippen LogP contribution in [-0.2, 0) is 19.1 Å². The van der Waals surface area contributed by atoms with E-state index >= 15 is 0 Å². The third kappa shape index (κ3) is 6.99. The molecule has 0 amide bonds. The van der Waals surface area contributed by atoms with Gasteiger partial charge in [0.2, 0.25) is 0 Å². The molecule has 0 aromatic carbocycles. The number of hydrogen-bond donors (Lipinski definition) is 0. The summed E-state index contributed by atoms with van der Waals surface area (Å²) in [5.74, 6) is -5.18. The van der Waals surface area contributed by atoms with Crippen LogP contribution < -0.4 is 0 Å². The summed E-state index contributed by atoms with van der Waals surface area (Å²) in [5.41, 5.74) is 0. The molecule has 0 aliphatic carbocycles. The second-order valence-electron chi connectivity index (χ2n) is 4.11. The van der Waals surface area contributed by atoms with E-state index in [2.05, 4.69) is 9.47 Å². The summed E-state index contributed by atoms with van der Waals surface area (Å²) in [6.45, 7) is 0. The van der Waals surface area contributed by atoms with Gasteiger partial charge in [-0.25, -0.2) is 18.4 Å². The first kappa shape index (κ1) is 23.8. The Kier molecular flexibility index (Phi) is 6.98. The Labute approximate surface area is 134 Å². The minimum Gasteiger partial charge on any atom is -0.395 e. The van der Waals surface area contributed by atoms with Gasteiger partial charge in [-0.3, -0.25) is 0 Å². The predicted molar refractivity (Wildman–Crippen MR) is 53.1 cm³/mol. The lowest BCUT2D eigenvalue weighted by Gasteiger charge is -2.21. The van der Waals surface area contributed by atoms with Crippen molar-refractivity contribution in [1.82, 2.24) is 0 Å². The Morgan fingerprint density at radius 3 is 1.04 bits per heavy atom. The molecule has 0 aromatic rings. The molecule has 0 aliphatic rings. The second kappa shape index (κ2) is 7.61. The number of alkyl halides is 12. The Bertz CT molecular complexity index is 501. The summed E-state index contributed by atoms with van der Waals surface area (Å²) in [6.07, 6.45) is -35.1. The van der Waals surface area contributed by atoms with E-state index in [1.54, 1.807) is 0 Å². The minimum atomic E-state index is -6.16. The van der Waals surface area contributed by atoms with E-state index in [4.69, 9.17) is 0 Å². The monoisotopic (exact) mass is 416 g/mol. The quantitative estimate of drug-likeness (QED) is 0.377. The molecule has 0 saturated heterocycles. The van der Waals surface area contributed by atoms with Crippen LogP contribution in [0.5, 0.6) is 0 Å². The van der Waals surface area contributed by atoms with Crippen molar-refractivity contribution in [2.24, 2.45) is 0 Å². The lowest BCUT2D eigenvalue weighted by atomic mass is 10.3. The summed E-state index contributed by atoms with van der Waals surface area (Å²) in [4.78, 5) is 21.4. The molecule has 0 heterocycles. The number of esters is 2. The van der Waals surface area contributed by atoms with Crippen LogP contribution in [-0.4, -0.2) is 48.9 Å². The number of hydrogen-bond acceptors (Lipinski definition) is 4. The van der Waals surface area contributed by atoms with Crippen LogP contribution in [0.1, 0.15) is 0 Å². The van der Waals surface area contributed by atoms with Crippen molar-refractivity contribution in [3.05, 3.63) is 12.2 Å². The summed E-state index contributed by atoms with van der Waals surface area (Å²) in [7, 11) is 0. The largest absolute Gasteiger partial charge is 0.441 e. The average molecular weight is 416 g/mol. The Morgan fingerprint density at radius 1 is 0.615 bits per heavy atom. The van der Waals surface area contributed by atoms with E-state index in [0.717, 1.165) is 0 Å². The van der Waals surface area contributed by atoms with Crippen LogP contribution in [0.3, 0.4) is 0 Å². The highest BCUT2D eigenvalue weighted by atomic mass is 19.4. The zero-order chi connectivity index (χ0) is 21.1. The molecular formula is C10H4F12O4. The fraction of sp³-hybridized carbons (Fsp3) is 0.600. The van der Waals surface area contributed by atoms with Gasteiger partial charge in [-0.05, 0) is 0 Å². The van der Waals surface area contributed by atoms with Crippen molar-refractivity contribution in [1.29, 1.82) is 0 Å². The Morgan fingerprint density at radius 2 is 0.846 bits per heavy atom. The van der Waals surface area contributed by atoms with Crippen molar-refractivity contribution < 1.29 is 71.7 Å².